The average Bonchev–Trinajstić information content (AvgIpc) is 3.33. The van der Waals surface area contributed by atoms with Crippen LogP contribution in [0.25, 0.3) is 10.9 Å². The molecule has 0 saturated heterocycles. The first-order valence-electron chi connectivity index (χ1n) is 10.3. The van der Waals surface area contributed by atoms with Crippen LogP contribution in [0.1, 0.15) is 44.7 Å². The number of benzene rings is 2. The van der Waals surface area contributed by atoms with Gasteiger partial charge in [-0.2, -0.15) is 0 Å². The average molecular weight is 430 g/mol. The largest absolute Gasteiger partial charge is 0.467 e. The SMILES string of the molecule is COC(=O)[C@H](Cc1c[nH]c2ccc(C#CCCCO)cc12)N1C(=O)c2ccccc2C1=O. The lowest BCUT2D eigenvalue weighted by molar-refractivity contribution is -0.145. The molecular formula is C25H22N2O5. The highest BCUT2D eigenvalue weighted by molar-refractivity contribution is 6.22. The summed E-state index contributed by atoms with van der Waals surface area (Å²) in [7, 11) is 1.24. The lowest BCUT2D eigenvalue weighted by Gasteiger charge is -2.23. The topological polar surface area (TPSA) is 99.7 Å². The first-order chi connectivity index (χ1) is 15.5. The lowest BCUT2D eigenvalue weighted by Crippen LogP contribution is -2.46. The maximum absolute atomic E-state index is 12.9. The number of aliphatic hydroxyl groups is 1. The molecule has 2 heterocycles. The smallest absolute Gasteiger partial charge is 0.329 e. The number of esters is 1. The van der Waals surface area contributed by atoms with Crippen LogP contribution in [0, 0.1) is 11.8 Å². The number of imide groups is 1. The zero-order valence-corrected chi connectivity index (χ0v) is 17.6. The summed E-state index contributed by atoms with van der Waals surface area (Å²) in [6.07, 6.45) is 3.09. The van der Waals surface area contributed by atoms with Crippen LogP contribution in [0.3, 0.4) is 0 Å². The summed E-state index contributed by atoms with van der Waals surface area (Å²) in [4.78, 5) is 42.7. The van der Waals surface area contributed by atoms with E-state index in [9.17, 15) is 14.4 Å². The second kappa shape index (κ2) is 9.08. The summed E-state index contributed by atoms with van der Waals surface area (Å²) in [5.41, 5.74) is 2.99. The second-order valence-corrected chi connectivity index (χ2v) is 7.47. The molecule has 7 heteroatoms. The van der Waals surface area contributed by atoms with E-state index < -0.39 is 23.8 Å². The van der Waals surface area contributed by atoms with Gasteiger partial charge in [0.25, 0.3) is 11.8 Å². The highest BCUT2D eigenvalue weighted by Crippen LogP contribution is 2.28. The Morgan fingerprint density at radius 2 is 1.88 bits per heavy atom. The first-order valence-corrected chi connectivity index (χ1v) is 10.3. The second-order valence-electron chi connectivity index (χ2n) is 7.47. The summed E-state index contributed by atoms with van der Waals surface area (Å²) >= 11 is 0. The zero-order valence-electron chi connectivity index (χ0n) is 17.6. The van der Waals surface area contributed by atoms with Crippen molar-refractivity contribution >= 4 is 28.7 Å². The molecule has 1 aromatic heterocycles. The summed E-state index contributed by atoms with van der Waals surface area (Å²) in [6, 6.07) is 11.1. The fraction of sp³-hybridized carbons (Fsp3) is 0.240. The number of methoxy groups -OCH3 is 1. The van der Waals surface area contributed by atoms with E-state index in [4.69, 9.17) is 9.84 Å². The zero-order chi connectivity index (χ0) is 22.7. The summed E-state index contributed by atoms with van der Waals surface area (Å²) in [5, 5.41) is 9.74. The Morgan fingerprint density at radius 1 is 1.16 bits per heavy atom. The van der Waals surface area contributed by atoms with Gasteiger partial charge in [-0.1, -0.05) is 24.0 Å². The van der Waals surface area contributed by atoms with Gasteiger partial charge in [0.05, 0.1) is 18.2 Å². The van der Waals surface area contributed by atoms with Gasteiger partial charge in [-0.15, -0.1) is 0 Å². The van der Waals surface area contributed by atoms with Crippen LogP contribution in [0.4, 0.5) is 0 Å². The van der Waals surface area contributed by atoms with E-state index in [1.165, 1.54) is 7.11 Å². The number of rotatable bonds is 6. The molecule has 0 fully saturated rings. The van der Waals surface area contributed by atoms with Gasteiger partial charge in [0.2, 0.25) is 0 Å². The lowest BCUT2D eigenvalue weighted by atomic mass is 10.0. The molecule has 7 nitrogen and oxygen atoms in total. The van der Waals surface area contributed by atoms with Crippen molar-refractivity contribution in [3.63, 3.8) is 0 Å². The minimum Gasteiger partial charge on any atom is -0.467 e. The Bertz CT molecular complexity index is 1230. The van der Waals surface area contributed by atoms with Crippen molar-refractivity contribution in [2.45, 2.75) is 25.3 Å². The number of fused-ring (bicyclic) bond motifs is 2. The molecule has 1 atom stereocenters. The molecule has 0 unspecified atom stereocenters. The summed E-state index contributed by atoms with van der Waals surface area (Å²) in [6.45, 7) is 0.0996. The standard InChI is InChI=1S/C25H22N2O5/c1-32-25(31)22(27-23(29)18-8-4-5-9-19(18)24(27)30)14-17-15-26-21-11-10-16(13-20(17)21)7-3-2-6-12-28/h4-5,8-11,13,15,22,26,28H,2,6,12,14H2,1H3/t22-/m0/s1. The maximum atomic E-state index is 12.9. The van der Waals surface area contributed by atoms with E-state index in [0.717, 1.165) is 26.9 Å². The number of nitrogens with zero attached hydrogens (tertiary/aromatic N) is 1. The van der Waals surface area contributed by atoms with Crippen LogP contribution in [0.2, 0.25) is 0 Å². The van der Waals surface area contributed by atoms with Crippen LogP contribution in [0.15, 0.2) is 48.7 Å². The summed E-state index contributed by atoms with van der Waals surface area (Å²) < 4.78 is 4.94. The molecule has 0 aliphatic carbocycles. The van der Waals surface area contributed by atoms with Crippen molar-refractivity contribution in [1.29, 1.82) is 0 Å². The predicted octanol–water partition coefficient (Wildman–Crippen LogP) is 2.67. The van der Waals surface area contributed by atoms with Gasteiger partial charge >= 0.3 is 5.97 Å². The number of aromatic amines is 1. The highest BCUT2D eigenvalue weighted by Gasteiger charge is 2.43. The number of H-pyrrole nitrogens is 1. The van der Waals surface area contributed by atoms with Gasteiger partial charge in [-0.25, -0.2) is 4.79 Å². The van der Waals surface area contributed by atoms with E-state index in [1.807, 2.05) is 18.2 Å². The van der Waals surface area contributed by atoms with E-state index >= 15 is 0 Å². The maximum Gasteiger partial charge on any atom is 0.329 e. The highest BCUT2D eigenvalue weighted by atomic mass is 16.5. The van der Waals surface area contributed by atoms with Crippen LogP contribution in [0.5, 0.6) is 0 Å². The minimum absolute atomic E-state index is 0.0996. The number of amides is 2. The molecule has 4 rings (SSSR count). The Morgan fingerprint density at radius 3 is 2.53 bits per heavy atom. The first kappa shape index (κ1) is 21.3. The number of hydrogen-bond donors (Lipinski definition) is 2. The molecule has 2 aromatic carbocycles. The van der Waals surface area contributed by atoms with Crippen molar-refractivity contribution in [2.75, 3.05) is 13.7 Å². The number of carbonyl (C=O) groups is 3. The summed E-state index contributed by atoms with van der Waals surface area (Å²) in [5.74, 6) is 4.43. The van der Waals surface area contributed by atoms with Gasteiger partial charge in [-0.05, 0) is 42.3 Å². The number of aliphatic hydroxyl groups excluding tert-OH is 1. The molecule has 162 valence electrons. The van der Waals surface area contributed by atoms with Crippen molar-refractivity contribution in [3.8, 4) is 11.8 Å². The molecule has 3 aromatic rings. The number of carbonyl (C=O) groups excluding carboxylic acids is 3. The third kappa shape index (κ3) is 3.88. The Hall–Kier alpha value is -3.89. The number of unbranched alkanes of at least 4 members (excludes halogenated alkanes) is 1. The molecule has 2 amide bonds. The minimum atomic E-state index is -1.09. The van der Waals surface area contributed by atoms with Gasteiger partial charge in [0.15, 0.2) is 0 Å². The fourth-order valence-electron chi connectivity index (χ4n) is 3.87. The number of aromatic nitrogens is 1. The van der Waals surface area contributed by atoms with Crippen LogP contribution < -0.4 is 0 Å². The normalized spacial score (nSPS) is 13.6. The number of nitrogens with one attached hydrogen (secondary N) is 1. The quantitative estimate of drug-likeness (QED) is 0.271. The van der Waals surface area contributed by atoms with Gasteiger partial charge in [0.1, 0.15) is 6.04 Å². The fourth-order valence-corrected chi connectivity index (χ4v) is 3.87. The molecule has 0 saturated carbocycles. The molecule has 32 heavy (non-hydrogen) atoms. The third-order valence-corrected chi connectivity index (χ3v) is 5.48. The Kier molecular flexibility index (Phi) is 6.06. The molecule has 1 aliphatic heterocycles. The van der Waals surface area contributed by atoms with Crippen molar-refractivity contribution < 1.29 is 24.2 Å². The van der Waals surface area contributed by atoms with E-state index in [2.05, 4.69) is 16.8 Å². The van der Waals surface area contributed by atoms with Crippen molar-refractivity contribution in [1.82, 2.24) is 9.88 Å². The van der Waals surface area contributed by atoms with Crippen molar-refractivity contribution in [3.05, 3.63) is 70.9 Å². The molecule has 2 N–H and O–H groups in total. The molecule has 0 spiro atoms. The van der Waals surface area contributed by atoms with E-state index in [1.54, 1.807) is 30.5 Å². The molecule has 0 bridgehead atoms. The monoisotopic (exact) mass is 430 g/mol. The molecule has 1 aliphatic rings. The van der Waals surface area contributed by atoms with Gasteiger partial charge in [0, 0.05) is 42.1 Å². The van der Waals surface area contributed by atoms with E-state index in [-0.39, 0.29) is 24.2 Å². The van der Waals surface area contributed by atoms with Crippen LogP contribution in [-0.2, 0) is 16.0 Å². The van der Waals surface area contributed by atoms with Gasteiger partial charge in [-0.3, -0.25) is 14.5 Å². The predicted molar refractivity (Wildman–Crippen MR) is 118 cm³/mol. The van der Waals surface area contributed by atoms with Crippen LogP contribution in [-0.4, -0.2) is 52.5 Å². The van der Waals surface area contributed by atoms with Crippen LogP contribution >= 0.6 is 0 Å². The molecule has 0 radical (unpaired) electrons. The third-order valence-electron chi connectivity index (χ3n) is 5.48. The van der Waals surface area contributed by atoms with E-state index in [0.29, 0.717) is 12.8 Å². The van der Waals surface area contributed by atoms with Crippen molar-refractivity contribution in [2.24, 2.45) is 0 Å². The number of ether oxygens (including phenoxy) is 1. The Labute approximate surface area is 185 Å². The molecular weight excluding hydrogens is 408 g/mol. The number of hydrogen-bond acceptors (Lipinski definition) is 5. The van der Waals surface area contributed by atoms with Gasteiger partial charge < -0.3 is 14.8 Å². The Balaban J connectivity index is 1.67.